The van der Waals surface area contributed by atoms with Crippen LogP contribution in [0.2, 0.25) is 0 Å². The minimum absolute atomic E-state index is 0.167. The van der Waals surface area contributed by atoms with Crippen molar-refractivity contribution >= 4 is 21.6 Å². The summed E-state index contributed by atoms with van der Waals surface area (Å²) in [5.41, 5.74) is 0.613. The molecule has 2 fully saturated rings. The predicted octanol–water partition coefficient (Wildman–Crippen LogP) is 2.46. The average Bonchev–Trinajstić information content (AvgIpc) is 2.92. The van der Waals surface area contributed by atoms with Crippen molar-refractivity contribution in [1.82, 2.24) is 4.31 Å². The average molecular weight is 322 g/mol. The van der Waals surface area contributed by atoms with Gasteiger partial charge in [0.05, 0.1) is 4.90 Å². The molecule has 1 amide bonds. The zero-order valence-electron chi connectivity index (χ0n) is 12.8. The smallest absolute Gasteiger partial charge is 0.243 e. The van der Waals surface area contributed by atoms with Crippen molar-refractivity contribution in [3.8, 4) is 0 Å². The molecule has 2 atom stereocenters. The van der Waals surface area contributed by atoms with E-state index in [0.717, 1.165) is 12.8 Å². The molecule has 5 nitrogen and oxygen atoms in total. The third-order valence-corrected chi connectivity index (χ3v) is 6.60. The van der Waals surface area contributed by atoms with E-state index in [0.29, 0.717) is 35.5 Å². The topological polar surface area (TPSA) is 66.5 Å². The van der Waals surface area contributed by atoms with Gasteiger partial charge in [-0.3, -0.25) is 4.79 Å². The normalized spacial score (nSPS) is 25.7. The van der Waals surface area contributed by atoms with E-state index in [9.17, 15) is 13.2 Å². The fourth-order valence-electron chi connectivity index (χ4n) is 3.62. The molecule has 1 N–H and O–H groups in total. The molecule has 3 rings (SSSR count). The molecule has 1 heterocycles. The molecular weight excluding hydrogens is 300 g/mol. The van der Waals surface area contributed by atoms with E-state index in [2.05, 4.69) is 5.32 Å². The van der Waals surface area contributed by atoms with Gasteiger partial charge < -0.3 is 5.32 Å². The van der Waals surface area contributed by atoms with Gasteiger partial charge in [0, 0.05) is 25.7 Å². The highest BCUT2D eigenvalue weighted by atomic mass is 32.2. The lowest BCUT2D eigenvalue weighted by molar-refractivity contribution is -0.114. The summed E-state index contributed by atoms with van der Waals surface area (Å²) in [7, 11) is -3.42. The van der Waals surface area contributed by atoms with Crippen molar-refractivity contribution in [3.63, 3.8) is 0 Å². The number of amides is 1. The fraction of sp³-hybridized carbons (Fsp3) is 0.562. The molecule has 0 spiro atoms. The second kappa shape index (κ2) is 6.01. The number of carbonyl (C=O) groups excluding carboxylic acids is 1. The highest BCUT2D eigenvalue weighted by molar-refractivity contribution is 7.89. The van der Waals surface area contributed by atoms with Crippen LogP contribution in [-0.2, 0) is 14.8 Å². The minimum atomic E-state index is -3.42. The van der Waals surface area contributed by atoms with Gasteiger partial charge in [0.1, 0.15) is 0 Å². The number of anilines is 1. The van der Waals surface area contributed by atoms with Crippen LogP contribution in [0.4, 0.5) is 5.69 Å². The maximum absolute atomic E-state index is 12.7. The predicted molar refractivity (Wildman–Crippen MR) is 85.0 cm³/mol. The first-order chi connectivity index (χ1) is 10.5. The number of rotatable bonds is 3. The number of nitrogens with zero attached hydrogens (tertiary/aromatic N) is 1. The van der Waals surface area contributed by atoms with Gasteiger partial charge >= 0.3 is 0 Å². The molecule has 1 aliphatic carbocycles. The summed E-state index contributed by atoms with van der Waals surface area (Å²) >= 11 is 0. The van der Waals surface area contributed by atoms with Crippen molar-refractivity contribution < 1.29 is 13.2 Å². The van der Waals surface area contributed by atoms with Gasteiger partial charge in [-0.15, -0.1) is 0 Å². The zero-order valence-corrected chi connectivity index (χ0v) is 13.6. The number of carbonyl (C=O) groups is 1. The molecule has 0 bridgehead atoms. The first-order valence-corrected chi connectivity index (χ1v) is 9.28. The first-order valence-electron chi connectivity index (χ1n) is 7.84. The van der Waals surface area contributed by atoms with Crippen LogP contribution >= 0.6 is 0 Å². The summed E-state index contributed by atoms with van der Waals surface area (Å²) < 4.78 is 27.1. The van der Waals surface area contributed by atoms with Crippen LogP contribution in [0.15, 0.2) is 29.2 Å². The van der Waals surface area contributed by atoms with Gasteiger partial charge in [-0.25, -0.2) is 8.42 Å². The molecule has 1 saturated heterocycles. The van der Waals surface area contributed by atoms with E-state index in [4.69, 9.17) is 0 Å². The molecule has 1 aromatic rings. The molecule has 1 saturated carbocycles. The standard InChI is InChI=1S/C16H22N2O3S/c1-12(19)17-15-6-8-16(9-7-15)22(20,21)18-10-13-4-2-3-5-14(13)11-18/h6-9,13-14H,2-5,10-11H2,1H3,(H,17,19). The Balaban J connectivity index is 1.76. The maximum Gasteiger partial charge on any atom is 0.243 e. The second-order valence-electron chi connectivity index (χ2n) is 6.33. The Bertz CT molecular complexity index is 640. The summed E-state index contributed by atoms with van der Waals surface area (Å²) in [4.78, 5) is 11.3. The van der Waals surface area contributed by atoms with Crippen molar-refractivity contribution in [2.24, 2.45) is 11.8 Å². The summed E-state index contributed by atoms with van der Waals surface area (Å²) in [6.07, 6.45) is 4.75. The molecule has 120 valence electrons. The first kappa shape index (κ1) is 15.5. The monoisotopic (exact) mass is 322 g/mol. The van der Waals surface area contributed by atoms with E-state index in [1.54, 1.807) is 28.6 Å². The number of benzene rings is 1. The summed E-state index contributed by atoms with van der Waals surface area (Å²) in [6.45, 7) is 2.73. The van der Waals surface area contributed by atoms with Crippen LogP contribution in [0, 0.1) is 11.8 Å². The maximum atomic E-state index is 12.7. The lowest BCUT2D eigenvalue weighted by Crippen LogP contribution is -2.29. The number of hydrogen-bond acceptors (Lipinski definition) is 3. The molecule has 2 aliphatic rings. The Kier molecular flexibility index (Phi) is 4.23. The van der Waals surface area contributed by atoms with Crippen LogP contribution < -0.4 is 5.32 Å². The minimum Gasteiger partial charge on any atom is -0.326 e. The molecule has 1 aliphatic heterocycles. The Morgan fingerprint density at radius 3 is 2.14 bits per heavy atom. The van der Waals surface area contributed by atoms with Crippen molar-refractivity contribution in [2.75, 3.05) is 18.4 Å². The fourth-order valence-corrected chi connectivity index (χ4v) is 5.18. The SMILES string of the molecule is CC(=O)Nc1ccc(S(=O)(=O)N2CC3CCCCC3C2)cc1. The largest absolute Gasteiger partial charge is 0.326 e. The Labute approximate surface area is 131 Å². The van der Waals surface area contributed by atoms with E-state index < -0.39 is 10.0 Å². The molecule has 1 aromatic carbocycles. The number of hydrogen-bond donors (Lipinski definition) is 1. The Hall–Kier alpha value is -1.40. The summed E-state index contributed by atoms with van der Waals surface area (Å²) in [6, 6.07) is 6.42. The summed E-state index contributed by atoms with van der Waals surface area (Å²) in [5, 5.41) is 2.65. The van der Waals surface area contributed by atoms with Crippen LogP contribution in [0.25, 0.3) is 0 Å². The van der Waals surface area contributed by atoms with Gasteiger partial charge in [-0.05, 0) is 48.9 Å². The zero-order chi connectivity index (χ0) is 15.7. The van der Waals surface area contributed by atoms with Crippen LogP contribution in [0.3, 0.4) is 0 Å². The van der Waals surface area contributed by atoms with Gasteiger partial charge in [0.25, 0.3) is 0 Å². The van der Waals surface area contributed by atoms with Gasteiger partial charge in [-0.2, -0.15) is 4.31 Å². The lowest BCUT2D eigenvalue weighted by Gasteiger charge is -2.22. The van der Waals surface area contributed by atoms with E-state index >= 15 is 0 Å². The van der Waals surface area contributed by atoms with Crippen molar-refractivity contribution in [3.05, 3.63) is 24.3 Å². The number of sulfonamides is 1. The van der Waals surface area contributed by atoms with Crippen molar-refractivity contribution in [1.29, 1.82) is 0 Å². The highest BCUT2D eigenvalue weighted by Crippen LogP contribution is 2.38. The molecule has 0 radical (unpaired) electrons. The van der Waals surface area contributed by atoms with Gasteiger partial charge in [0.15, 0.2) is 0 Å². The van der Waals surface area contributed by atoms with Crippen LogP contribution in [-0.4, -0.2) is 31.7 Å². The van der Waals surface area contributed by atoms with Gasteiger partial charge in [0.2, 0.25) is 15.9 Å². The molecule has 0 aromatic heterocycles. The Morgan fingerprint density at radius 2 is 1.64 bits per heavy atom. The van der Waals surface area contributed by atoms with E-state index in [1.807, 2.05) is 0 Å². The highest BCUT2D eigenvalue weighted by Gasteiger charge is 2.39. The van der Waals surface area contributed by atoms with Crippen LogP contribution in [0.1, 0.15) is 32.6 Å². The van der Waals surface area contributed by atoms with Gasteiger partial charge in [-0.1, -0.05) is 12.8 Å². The quantitative estimate of drug-likeness (QED) is 0.929. The molecule has 6 heteroatoms. The summed E-state index contributed by atoms with van der Waals surface area (Å²) in [5.74, 6) is 0.892. The molecule has 22 heavy (non-hydrogen) atoms. The number of fused-ring (bicyclic) bond motifs is 1. The van der Waals surface area contributed by atoms with E-state index in [1.165, 1.54) is 19.8 Å². The molecular formula is C16H22N2O3S. The molecule has 2 unspecified atom stereocenters. The van der Waals surface area contributed by atoms with E-state index in [-0.39, 0.29) is 5.91 Å². The number of nitrogens with one attached hydrogen (secondary N) is 1. The lowest BCUT2D eigenvalue weighted by atomic mass is 9.82. The third-order valence-electron chi connectivity index (χ3n) is 4.76. The van der Waals surface area contributed by atoms with Crippen LogP contribution in [0.5, 0.6) is 0 Å². The second-order valence-corrected chi connectivity index (χ2v) is 8.27. The Morgan fingerprint density at radius 1 is 1.09 bits per heavy atom. The van der Waals surface area contributed by atoms with Crippen molar-refractivity contribution in [2.45, 2.75) is 37.5 Å². The third kappa shape index (κ3) is 3.03.